The predicted octanol–water partition coefficient (Wildman–Crippen LogP) is 2.60. The zero-order chi connectivity index (χ0) is 14.4. The number of ether oxygens (including phenoxy) is 1. The minimum Gasteiger partial charge on any atom is -0.496 e. The van der Waals surface area contributed by atoms with Crippen LogP contribution in [0.15, 0.2) is 53.6 Å². The Kier molecular flexibility index (Phi) is 4.44. The molecule has 0 radical (unpaired) electrons. The van der Waals surface area contributed by atoms with Crippen molar-refractivity contribution in [3.63, 3.8) is 0 Å². The zero-order valence-electron chi connectivity index (χ0n) is 10.8. The van der Waals surface area contributed by atoms with Crippen molar-refractivity contribution in [3.8, 4) is 5.75 Å². The van der Waals surface area contributed by atoms with Gasteiger partial charge in [-0.05, 0) is 24.3 Å². The molecular weight excluding hydrogens is 259 g/mol. The van der Waals surface area contributed by atoms with E-state index in [4.69, 9.17) is 4.74 Å². The lowest BCUT2D eigenvalue weighted by Gasteiger charge is -2.03. The highest BCUT2D eigenvalue weighted by molar-refractivity contribution is 5.95. The number of para-hydroxylation sites is 1. The van der Waals surface area contributed by atoms with Crippen LogP contribution >= 0.6 is 0 Å². The third-order valence-corrected chi connectivity index (χ3v) is 2.63. The number of hydrogen-bond donors (Lipinski definition) is 1. The van der Waals surface area contributed by atoms with E-state index in [1.165, 1.54) is 24.4 Å². The normalized spacial score (nSPS) is 10.5. The molecule has 0 aliphatic rings. The summed E-state index contributed by atoms with van der Waals surface area (Å²) in [7, 11) is 1.55. The molecule has 0 aliphatic carbocycles. The van der Waals surface area contributed by atoms with Crippen LogP contribution in [0.3, 0.4) is 0 Å². The summed E-state index contributed by atoms with van der Waals surface area (Å²) in [6.07, 6.45) is 1.44. The molecule has 5 heteroatoms. The fraction of sp³-hybridized carbons (Fsp3) is 0.0667. The summed E-state index contributed by atoms with van der Waals surface area (Å²) < 4.78 is 18.5. The van der Waals surface area contributed by atoms with Gasteiger partial charge in [-0.3, -0.25) is 4.79 Å². The van der Waals surface area contributed by atoms with E-state index in [1.807, 2.05) is 12.1 Å². The topological polar surface area (TPSA) is 50.7 Å². The van der Waals surface area contributed by atoms with Gasteiger partial charge in [-0.1, -0.05) is 24.3 Å². The Bertz CT molecular complexity index is 641. The third kappa shape index (κ3) is 3.20. The quantitative estimate of drug-likeness (QED) is 0.687. The molecule has 1 N–H and O–H groups in total. The maximum atomic E-state index is 13.4. The van der Waals surface area contributed by atoms with E-state index in [1.54, 1.807) is 25.3 Å². The minimum atomic E-state index is -0.603. The Labute approximate surface area is 115 Å². The maximum absolute atomic E-state index is 13.4. The number of rotatable bonds is 4. The van der Waals surface area contributed by atoms with Crippen molar-refractivity contribution in [1.29, 1.82) is 0 Å². The first-order valence-corrected chi connectivity index (χ1v) is 5.93. The molecular formula is C15H13FN2O2. The second-order valence-corrected chi connectivity index (χ2v) is 3.92. The standard InChI is InChI=1S/C15H13FN2O2/c1-20-14-9-5-2-6-11(14)10-17-18-15(19)12-7-3-4-8-13(12)16/h2-10H,1H3,(H,18,19)/b17-10-. The molecule has 102 valence electrons. The average molecular weight is 272 g/mol. The maximum Gasteiger partial charge on any atom is 0.274 e. The van der Waals surface area contributed by atoms with E-state index in [0.717, 1.165) is 0 Å². The number of benzene rings is 2. The van der Waals surface area contributed by atoms with E-state index >= 15 is 0 Å². The van der Waals surface area contributed by atoms with Gasteiger partial charge < -0.3 is 4.74 Å². The van der Waals surface area contributed by atoms with Gasteiger partial charge in [0.25, 0.3) is 5.91 Å². The summed E-state index contributed by atoms with van der Waals surface area (Å²) in [5.74, 6) is -0.553. The first kappa shape index (κ1) is 13.7. The van der Waals surface area contributed by atoms with Crippen molar-refractivity contribution in [2.45, 2.75) is 0 Å². The van der Waals surface area contributed by atoms with Crippen LogP contribution in [0.25, 0.3) is 0 Å². The van der Waals surface area contributed by atoms with Crippen molar-refractivity contribution in [2.24, 2.45) is 5.10 Å². The van der Waals surface area contributed by atoms with E-state index in [0.29, 0.717) is 11.3 Å². The molecule has 4 nitrogen and oxygen atoms in total. The summed E-state index contributed by atoms with van der Waals surface area (Å²) in [6.45, 7) is 0. The SMILES string of the molecule is COc1ccccc1/C=N\NC(=O)c1ccccc1F. The molecule has 0 fully saturated rings. The Hall–Kier alpha value is -2.69. The highest BCUT2D eigenvalue weighted by Gasteiger charge is 2.09. The van der Waals surface area contributed by atoms with E-state index in [-0.39, 0.29) is 5.56 Å². The monoisotopic (exact) mass is 272 g/mol. The number of hydrazone groups is 1. The third-order valence-electron chi connectivity index (χ3n) is 2.63. The number of amides is 1. The van der Waals surface area contributed by atoms with Gasteiger partial charge in [0.15, 0.2) is 0 Å². The molecule has 0 saturated heterocycles. The smallest absolute Gasteiger partial charge is 0.274 e. The molecule has 0 atom stereocenters. The van der Waals surface area contributed by atoms with E-state index < -0.39 is 11.7 Å². The second-order valence-electron chi connectivity index (χ2n) is 3.92. The van der Waals surface area contributed by atoms with Crippen LogP contribution in [0, 0.1) is 5.82 Å². The van der Waals surface area contributed by atoms with E-state index in [9.17, 15) is 9.18 Å². The van der Waals surface area contributed by atoms with Crippen LogP contribution in [0.2, 0.25) is 0 Å². The lowest BCUT2D eigenvalue weighted by molar-refractivity contribution is 0.0951. The van der Waals surface area contributed by atoms with Gasteiger partial charge in [-0.2, -0.15) is 5.10 Å². The fourth-order valence-corrected chi connectivity index (χ4v) is 1.64. The Morgan fingerprint density at radius 3 is 2.65 bits per heavy atom. The fourth-order valence-electron chi connectivity index (χ4n) is 1.64. The first-order chi connectivity index (χ1) is 9.72. The Morgan fingerprint density at radius 1 is 1.20 bits per heavy atom. The highest BCUT2D eigenvalue weighted by Crippen LogP contribution is 2.14. The van der Waals surface area contributed by atoms with Gasteiger partial charge in [0, 0.05) is 5.56 Å². The molecule has 0 heterocycles. The van der Waals surface area contributed by atoms with Gasteiger partial charge in [-0.25, -0.2) is 9.82 Å². The number of carbonyl (C=O) groups excluding carboxylic acids is 1. The number of carbonyl (C=O) groups is 1. The molecule has 20 heavy (non-hydrogen) atoms. The van der Waals surface area contributed by atoms with E-state index in [2.05, 4.69) is 10.5 Å². The molecule has 0 aliphatic heterocycles. The lowest BCUT2D eigenvalue weighted by atomic mass is 10.2. The molecule has 2 aromatic carbocycles. The summed E-state index contributed by atoms with van der Waals surface area (Å²) in [5, 5.41) is 3.80. The van der Waals surface area contributed by atoms with Crippen LogP contribution < -0.4 is 10.2 Å². The van der Waals surface area contributed by atoms with Crippen LogP contribution in [0.5, 0.6) is 5.75 Å². The van der Waals surface area contributed by atoms with Crippen molar-refractivity contribution in [3.05, 3.63) is 65.5 Å². The number of nitrogens with one attached hydrogen (secondary N) is 1. The molecule has 0 aromatic heterocycles. The molecule has 1 amide bonds. The molecule has 2 aromatic rings. The van der Waals surface area contributed by atoms with Gasteiger partial charge in [0.05, 0.1) is 18.9 Å². The number of methoxy groups -OCH3 is 1. The second kappa shape index (κ2) is 6.47. The number of nitrogens with zero attached hydrogens (tertiary/aromatic N) is 1. The van der Waals surface area contributed by atoms with Crippen LogP contribution in [0.1, 0.15) is 15.9 Å². The van der Waals surface area contributed by atoms with Crippen LogP contribution in [-0.4, -0.2) is 19.2 Å². The van der Waals surface area contributed by atoms with Gasteiger partial charge in [0.1, 0.15) is 11.6 Å². The van der Waals surface area contributed by atoms with Crippen LogP contribution in [-0.2, 0) is 0 Å². The number of hydrogen-bond acceptors (Lipinski definition) is 3. The van der Waals surface area contributed by atoms with Crippen molar-refractivity contribution in [1.82, 2.24) is 5.43 Å². The minimum absolute atomic E-state index is 0.0512. The predicted molar refractivity (Wildman–Crippen MR) is 74.5 cm³/mol. The summed E-state index contributed by atoms with van der Waals surface area (Å²) in [6, 6.07) is 12.9. The summed E-state index contributed by atoms with van der Waals surface area (Å²) in [4.78, 5) is 11.7. The average Bonchev–Trinajstić information content (AvgIpc) is 2.48. The van der Waals surface area contributed by atoms with Gasteiger partial charge >= 0.3 is 0 Å². The van der Waals surface area contributed by atoms with Gasteiger partial charge in [0.2, 0.25) is 0 Å². The van der Waals surface area contributed by atoms with Crippen molar-refractivity contribution in [2.75, 3.05) is 7.11 Å². The van der Waals surface area contributed by atoms with Crippen molar-refractivity contribution >= 4 is 12.1 Å². The largest absolute Gasteiger partial charge is 0.496 e. The molecule has 0 bridgehead atoms. The lowest BCUT2D eigenvalue weighted by Crippen LogP contribution is -2.18. The van der Waals surface area contributed by atoms with Crippen molar-refractivity contribution < 1.29 is 13.9 Å². The highest BCUT2D eigenvalue weighted by atomic mass is 19.1. The molecule has 0 saturated carbocycles. The molecule has 2 rings (SSSR count). The zero-order valence-corrected chi connectivity index (χ0v) is 10.8. The Balaban J connectivity index is 2.07. The summed E-state index contributed by atoms with van der Waals surface area (Å²) in [5.41, 5.74) is 2.94. The summed E-state index contributed by atoms with van der Waals surface area (Å²) >= 11 is 0. The Morgan fingerprint density at radius 2 is 1.90 bits per heavy atom. The molecule has 0 unspecified atom stereocenters. The van der Waals surface area contributed by atoms with Gasteiger partial charge in [-0.15, -0.1) is 0 Å². The van der Waals surface area contributed by atoms with Crippen LogP contribution in [0.4, 0.5) is 4.39 Å². The first-order valence-electron chi connectivity index (χ1n) is 5.93. The number of halogens is 1. The molecule has 0 spiro atoms.